The minimum atomic E-state index is -4.28. The van der Waals surface area contributed by atoms with Gasteiger partial charge in [0, 0.05) is 38.5 Å². The van der Waals surface area contributed by atoms with Crippen LogP contribution < -0.4 is 15.8 Å². The number of amides is 2. The first-order valence-corrected chi connectivity index (χ1v) is 15.1. The van der Waals surface area contributed by atoms with Crippen molar-refractivity contribution in [1.82, 2.24) is 19.8 Å². The zero-order valence-corrected chi connectivity index (χ0v) is 23.5. The Balaban J connectivity index is 1.36. The maximum absolute atomic E-state index is 13.1. The van der Waals surface area contributed by atoms with E-state index < -0.39 is 34.1 Å². The van der Waals surface area contributed by atoms with Gasteiger partial charge in [0.1, 0.15) is 0 Å². The summed E-state index contributed by atoms with van der Waals surface area (Å²) in [4.78, 5) is 40.4. The molecule has 1 saturated carbocycles. The van der Waals surface area contributed by atoms with Crippen LogP contribution >= 0.6 is 0 Å². The summed E-state index contributed by atoms with van der Waals surface area (Å²) in [5, 5.41) is 20.3. The summed E-state index contributed by atoms with van der Waals surface area (Å²) in [6, 6.07) is 15.0. The van der Waals surface area contributed by atoms with Gasteiger partial charge in [-0.1, -0.05) is 42.5 Å². The van der Waals surface area contributed by atoms with Gasteiger partial charge in [-0.15, -0.1) is 0 Å². The fourth-order valence-electron chi connectivity index (χ4n) is 4.96. The first-order valence-electron chi connectivity index (χ1n) is 13.6. The second-order valence-electron chi connectivity index (χ2n) is 10.4. The molecule has 0 bridgehead atoms. The van der Waals surface area contributed by atoms with Crippen molar-refractivity contribution in [2.75, 3.05) is 19.6 Å². The smallest absolute Gasteiger partial charge is 0.342 e. The number of hydrogen-bond acceptors (Lipinski definition) is 6. The molecule has 1 heterocycles. The predicted octanol–water partition coefficient (Wildman–Crippen LogP) is 1.54. The number of carboxylic acids is 1. The standard InChI is InChI=1S/C28H36N6O6S/c29-28(30)33-16-4-5-19(18-33)17-31-24(35)14-15-25(36)34(22-10-11-22)26(27(37)38)32-41(39,40)23-12-8-21(9-13-23)20-6-2-1-3-7-20/h1-3,6-9,12-13,19,22,26,32H,4-5,10-11,14-18H2,(H3,29,30)(H,31,35)(H,37,38)/t19-,26+/m0/s1. The van der Waals surface area contributed by atoms with Crippen LogP contribution in [0.2, 0.25) is 0 Å². The SMILES string of the molecule is N=C(N)N1CCC[C@@H](CNC(=O)CCC(=O)N(C2CC2)[C@@H](NS(=O)(=O)c2ccc(-c3ccccc3)cc2)C(=O)O)C1. The summed E-state index contributed by atoms with van der Waals surface area (Å²) in [5.74, 6) is -2.36. The summed E-state index contributed by atoms with van der Waals surface area (Å²) in [5.41, 5.74) is 7.26. The van der Waals surface area contributed by atoms with E-state index in [-0.39, 0.29) is 35.5 Å². The van der Waals surface area contributed by atoms with E-state index >= 15 is 0 Å². The molecule has 12 nitrogen and oxygen atoms in total. The number of nitrogens with two attached hydrogens (primary N) is 1. The lowest BCUT2D eigenvalue weighted by molar-refractivity contribution is -0.151. The Labute approximate surface area is 239 Å². The molecule has 2 amide bonds. The Hall–Kier alpha value is -3.97. The molecular formula is C28H36N6O6S. The number of carboxylic acid groups (broad SMARTS) is 1. The van der Waals surface area contributed by atoms with E-state index in [9.17, 15) is 27.9 Å². The highest BCUT2D eigenvalue weighted by atomic mass is 32.2. The highest BCUT2D eigenvalue weighted by Crippen LogP contribution is 2.30. The molecule has 0 radical (unpaired) electrons. The Morgan fingerprint density at radius 3 is 2.29 bits per heavy atom. The zero-order chi connectivity index (χ0) is 29.6. The molecule has 0 aromatic heterocycles. The third-order valence-electron chi connectivity index (χ3n) is 7.29. The number of aliphatic carboxylic acids is 1. The monoisotopic (exact) mass is 584 g/mol. The minimum Gasteiger partial charge on any atom is -0.479 e. The molecule has 220 valence electrons. The van der Waals surface area contributed by atoms with Gasteiger partial charge in [0.15, 0.2) is 12.1 Å². The molecule has 13 heteroatoms. The van der Waals surface area contributed by atoms with Crippen molar-refractivity contribution in [2.45, 2.75) is 55.6 Å². The van der Waals surface area contributed by atoms with Gasteiger partial charge in [0.25, 0.3) is 0 Å². The van der Waals surface area contributed by atoms with Crippen LogP contribution in [0.15, 0.2) is 59.5 Å². The van der Waals surface area contributed by atoms with Crippen LogP contribution in [0.25, 0.3) is 11.1 Å². The van der Waals surface area contributed by atoms with Crippen molar-refractivity contribution in [3.63, 3.8) is 0 Å². The number of guanidine groups is 1. The zero-order valence-electron chi connectivity index (χ0n) is 22.7. The largest absolute Gasteiger partial charge is 0.479 e. The third-order valence-corrected chi connectivity index (χ3v) is 8.72. The number of sulfonamides is 1. The van der Waals surface area contributed by atoms with E-state index in [0.29, 0.717) is 32.5 Å². The van der Waals surface area contributed by atoms with Crippen molar-refractivity contribution in [3.8, 4) is 11.1 Å². The first kappa shape index (κ1) is 30.0. The van der Waals surface area contributed by atoms with E-state index in [4.69, 9.17) is 11.1 Å². The van der Waals surface area contributed by atoms with Gasteiger partial charge in [0.05, 0.1) is 4.90 Å². The summed E-state index contributed by atoms with van der Waals surface area (Å²) in [6.07, 6.45) is 0.603. The Morgan fingerprint density at radius 2 is 1.68 bits per heavy atom. The van der Waals surface area contributed by atoms with Crippen molar-refractivity contribution in [1.29, 1.82) is 5.41 Å². The van der Waals surface area contributed by atoms with Crippen molar-refractivity contribution in [3.05, 3.63) is 54.6 Å². The van der Waals surface area contributed by atoms with Gasteiger partial charge >= 0.3 is 5.97 Å². The Kier molecular flexibility index (Phi) is 9.61. The van der Waals surface area contributed by atoms with Gasteiger partial charge in [-0.3, -0.25) is 15.0 Å². The van der Waals surface area contributed by atoms with E-state index in [1.165, 1.54) is 12.1 Å². The van der Waals surface area contributed by atoms with Crippen LogP contribution in [0.5, 0.6) is 0 Å². The normalized spacial score (nSPS) is 17.9. The molecule has 1 saturated heterocycles. The number of benzene rings is 2. The lowest BCUT2D eigenvalue weighted by Gasteiger charge is -2.33. The van der Waals surface area contributed by atoms with Gasteiger partial charge in [-0.25, -0.2) is 13.2 Å². The van der Waals surface area contributed by atoms with Gasteiger partial charge in [0.2, 0.25) is 21.8 Å². The first-order chi connectivity index (χ1) is 19.5. The lowest BCUT2D eigenvalue weighted by Crippen LogP contribution is -2.56. The lowest BCUT2D eigenvalue weighted by atomic mass is 9.98. The average Bonchev–Trinajstić information content (AvgIpc) is 3.80. The summed E-state index contributed by atoms with van der Waals surface area (Å²) < 4.78 is 28.4. The molecule has 1 aliphatic heterocycles. The van der Waals surface area contributed by atoms with Gasteiger partial charge < -0.3 is 26.0 Å². The Morgan fingerprint density at radius 1 is 1.02 bits per heavy atom. The van der Waals surface area contributed by atoms with Crippen LogP contribution in [-0.4, -0.2) is 78.9 Å². The predicted molar refractivity (Wildman–Crippen MR) is 152 cm³/mol. The molecular weight excluding hydrogens is 548 g/mol. The van der Waals surface area contributed by atoms with E-state index in [2.05, 4.69) is 10.0 Å². The molecule has 0 unspecified atom stereocenters. The van der Waals surface area contributed by atoms with Crippen LogP contribution in [0.4, 0.5) is 0 Å². The van der Waals surface area contributed by atoms with E-state index in [1.54, 1.807) is 17.0 Å². The van der Waals surface area contributed by atoms with E-state index in [1.807, 2.05) is 30.3 Å². The number of carbonyl (C=O) groups excluding carboxylic acids is 2. The number of nitrogens with one attached hydrogen (secondary N) is 3. The summed E-state index contributed by atoms with van der Waals surface area (Å²) in [7, 11) is -4.28. The van der Waals surface area contributed by atoms with Crippen molar-refractivity contribution < 1.29 is 27.9 Å². The summed E-state index contributed by atoms with van der Waals surface area (Å²) in [6.45, 7) is 1.65. The third kappa shape index (κ3) is 8.04. The molecule has 2 atom stereocenters. The molecule has 2 fully saturated rings. The number of likely N-dealkylation sites (tertiary alicyclic amines) is 1. The van der Waals surface area contributed by atoms with Crippen LogP contribution in [0, 0.1) is 11.3 Å². The van der Waals surface area contributed by atoms with Crippen LogP contribution in [0.3, 0.4) is 0 Å². The molecule has 41 heavy (non-hydrogen) atoms. The van der Waals surface area contributed by atoms with Gasteiger partial charge in [-0.2, -0.15) is 4.72 Å². The number of carbonyl (C=O) groups is 3. The fourth-order valence-corrected chi connectivity index (χ4v) is 6.09. The molecule has 2 aliphatic rings. The van der Waals surface area contributed by atoms with Crippen LogP contribution in [-0.2, 0) is 24.4 Å². The maximum atomic E-state index is 13.1. The quantitative estimate of drug-likeness (QED) is 0.141. The maximum Gasteiger partial charge on any atom is 0.342 e. The van der Waals surface area contributed by atoms with Crippen molar-refractivity contribution >= 4 is 33.8 Å². The number of nitrogens with zero attached hydrogens (tertiary/aromatic N) is 2. The number of piperidine rings is 1. The average molecular weight is 585 g/mol. The fraction of sp³-hybridized carbons (Fsp3) is 0.429. The molecule has 0 spiro atoms. The second-order valence-corrected chi connectivity index (χ2v) is 12.1. The van der Waals surface area contributed by atoms with E-state index in [0.717, 1.165) is 28.9 Å². The molecule has 2 aromatic rings. The summed E-state index contributed by atoms with van der Waals surface area (Å²) >= 11 is 0. The topological polar surface area (TPSA) is 186 Å². The number of rotatable bonds is 12. The molecule has 4 rings (SSSR count). The van der Waals surface area contributed by atoms with Gasteiger partial charge in [-0.05, 0) is 54.9 Å². The molecule has 1 aliphatic carbocycles. The van der Waals surface area contributed by atoms with Crippen LogP contribution in [0.1, 0.15) is 38.5 Å². The molecule has 2 aromatic carbocycles. The van der Waals surface area contributed by atoms with Crippen molar-refractivity contribution in [2.24, 2.45) is 11.7 Å². The molecule has 6 N–H and O–H groups in total. The second kappa shape index (κ2) is 13.1. The highest BCUT2D eigenvalue weighted by molar-refractivity contribution is 7.89. The Bertz CT molecular complexity index is 1360. The highest BCUT2D eigenvalue weighted by Gasteiger charge is 2.42. The number of hydrogen-bond donors (Lipinski definition) is 5. The minimum absolute atomic E-state index is 0.000372.